The summed E-state index contributed by atoms with van der Waals surface area (Å²) in [6.45, 7) is 4.99. The summed E-state index contributed by atoms with van der Waals surface area (Å²) in [6.07, 6.45) is 2.01. The lowest BCUT2D eigenvalue weighted by molar-refractivity contribution is 0.173. The molecule has 0 saturated carbocycles. The lowest BCUT2D eigenvalue weighted by atomic mass is 9.95. The van der Waals surface area contributed by atoms with Crippen molar-refractivity contribution >= 4 is 5.71 Å². The summed E-state index contributed by atoms with van der Waals surface area (Å²) in [7, 11) is 0. The molecular formula is C8H16N2O. The number of nitrogens with zero attached hydrogens (tertiary/aromatic N) is 1. The largest absolute Gasteiger partial charge is 0.395 e. The van der Waals surface area contributed by atoms with Gasteiger partial charge in [0.05, 0.1) is 5.71 Å². The fraction of sp³-hybridized carbons (Fsp3) is 0.875. The normalized spacial score (nSPS) is 22.3. The molecule has 2 N–H and O–H groups in total. The average Bonchev–Trinajstić information content (AvgIpc) is 2.53. The second-order valence-electron chi connectivity index (χ2n) is 3.08. The minimum Gasteiger partial charge on any atom is -0.395 e. The standard InChI is InChI=1S/C8H16N2O/c1-3-6(2)8(9)7-4-5-11-10-7/h6,8H,3-5,9H2,1-2H3/t6-,8-/m1/s1. The maximum absolute atomic E-state index is 5.92. The highest BCUT2D eigenvalue weighted by molar-refractivity contribution is 5.90. The van der Waals surface area contributed by atoms with Gasteiger partial charge in [-0.2, -0.15) is 0 Å². The van der Waals surface area contributed by atoms with Gasteiger partial charge < -0.3 is 10.6 Å². The van der Waals surface area contributed by atoms with Gasteiger partial charge in [-0.15, -0.1) is 0 Å². The van der Waals surface area contributed by atoms with E-state index in [0.717, 1.165) is 18.6 Å². The molecule has 3 heteroatoms. The molecule has 0 aromatic heterocycles. The Hall–Kier alpha value is -0.570. The van der Waals surface area contributed by atoms with Crippen molar-refractivity contribution in [3.8, 4) is 0 Å². The molecule has 2 atom stereocenters. The molecule has 1 aliphatic heterocycles. The first kappa shape index (κ1) is 8.53. The molecule has 0 aromatic carbocycles. The van der Waals surface area contributed by atoms with Crippen LogP contribution in [0.4, 0.5) is 0 Å². The van der Waals surface area contributed by atoms with E-state index < -0.39 is 0 Å². The third-order valence-corrected chi connectivity index (χ3v) is 2.27. The van der Waals surface area contributed by atoms with E-state index in [1.54, 1.807) is 0 Å². The first-order chi connectivity index (χ1) is 5.25. The molecule has 1 rings (SSSR count). The van der Waals surface area contributed by atoms with Crippen LogP contribution in [0.3, 0.4) is 0 Å². The number of hydrogen-bond donors (Lipinski definition) is 1. The molecule has 1 aliphatic rings. The Morgan fingerprint density at radius 1 is 1.73 bits per heavy atom. The molecule has 1 heterocycles. The van der Waals surface area contributed by atoms with Gasteiger partial charge >= 0.3 is 0 Å². The van der Waals surface area contributed by atoms with Crippen LogP contribution >= 0.6 is 0 Å². The Bertz CT molecular complexity index is 156. The first-order valence-electron chi connectivity index (χ1n) is 4.20. The van der Waals surface area contributed by atoms with Crippen molar-refractivity contribution in [2.75, 3.05) is 6.61 Å². The molecule has 0 saturated heterocycles. The van der Waals surface area contributed by atoms with Crippen molar-refractivity contribution in [1.29, 1.82) is 0 Å². The molecule has 11 heavy (non-hydrogen) atoms. The molecule has 0 unspecified atom stereocenters. The predicted molar refractivity (Wildman–Crippen MR) is 45.4 cm³/mol. The van der Waals surface area contributed by atoms with E-state index >= 15 is 0 Å². The molecule has 0 bridgehead atoms. The fourth-order valence-corrected chi connectivity index (χ4v) is 1.13. The van der Waals surface area contributed by atoms with Gasteiger partial charge in [0.2, 0.25) is 0 Å². The third kappa shape index (κ3) is 1.93. The average molecular weight is 156 g/mol. The highest BCUT2D eigenvalue weighted by Crippen LogP contribution is 2.12. The van der Waals surface area contributed by atoms with Gasteiger partial charge in [0.15, 0.2) is 0 Å². The number of rotatable bonds is 3. The van der Waals surface area contributed by atoms with Crippen LogP contribution in [0.1, 0.15) is 26.7 Å². The zero-order valence-corrected chi connectivity index (χ0v) is 7.21. The van der Waals surface area contributed by atoms with Crippen molar-refractivity contribution < 1.29 is 4.84 Å². The van der Waals surface area contributed by atoms with Crippen LogP contribution in [0, 0.1) is 5.92 Å². The van der Waals surface area contributed by atoms with Crippen molar-refractivity contribution in [3.63, 3.8) is 0 Å². The summed E-state index contributed by atoms with van der Waals surface area (Å²) in [5.74, 6) is 0.510. The Labute approximate surface area is 67.6 Å². The molecule has 0 spiro atoms. The van der Waals surface area contributed by atoms with Crippen molar-refractivity contribution in [3.05, 3.63) is 0 Å². The molecule has 64 valence electrons. The summed E-state index contributed by atoms with van der Waals surface area (Å²) in [6, 6.07) is 0.0995. The highest BCUT2D eigenvalue weighted by Gasteiger charge is 2.20. The lowest BCUT2D eigenvalue weighted by Crippen LogP contribution is -2.35. The fourth-order valence-electron chi connectivity index (χ4n) is 1.13. The zero-order chi connectivity index (χ0) is 8.27. The molecule has 0 radical (unpaired) electrons. The highest BCUT2D eigenvalue weighted by atomic mass is 16.6. The molecule has 0 aliphatic carbocycles. The maximum atomic E-state index is 5.92. The van der Waals surface area contributed by atoms with Crippen LogP contribution in [0.2, 0.25) is 0 Å². The van der Waals surface area contributed by atoms with E-state index in [9.17, 15) is 0 Å². The van der Waals surface area contributed by atoms with Gasteiger partial charge in [0.25, 0.3) is 0 Å². The van der Waals surface area contributed by atoms with Crippen LogP contribution in [0.25, 0.3) is 0 Å². The summed E-state index contributed by atoms with van der Waals surface area (Å²) < 4.78 is 0. The third-order valence-electron chi connectivity index (χ3n) is 2.27. The second kappa shape index (κ2) is 3.72. The number of nitrogens with two attached hydrogens (primary N) is 1. The van der Waals surface area contributed by atoms with E-state index in [0.29, 0.717) is 12.5 Å². The monoisotopic (exact) mass is 156 g/mol. The quantitative estimate of drug-likeness (QED) is 0.666. The minimum absolute atomic E-state index is 0.0995. The van der Waals surface area contributed by atoms with Gasteiger partial charge in [0, 0.05) is 12.5 Å². The van der Waals surface area contributed by atoms with Crippen LogP contribution in [-0.2, 0) is 4.84 Å². The van der Waals surface area contributed by atoms with Crippen molar-refractivity contribution in [2.45, 2.75) is 32.7 Å². The lowest BCUT2D eigenvalue weighted by Gasteiger charge is -2.16. The van der Waals surface area contributed by atoms with E-state index in [1.807, 2.05) is 0 Å². The van der Waals surface area contributed by atoms with Crippen LogP contribution in [-0.4, -0.2) is 18.4 Å². The maximum Gasteiger partial charge on any atom is 0.122 e. The Morgan fingerprint density at radius 3 is 2.91 bits per heavy atom. The predicted octanol–water partition coefficient (Wildman–Crippen LogP) is 1.14. The van der Waals surface area contributed by atoms with Gasteiger partial charge in [0.1, 0.15) is 6.61 Å². The van der Waals surface area contributed by atoms with E-state index in [-0.39, 0.29) is 6.04 Å². The summed E-state index contributed by atoms with van der Waals surface area (Å²) in [5.41, 5.74) is 6.95. The topological polar surface area (TPSA) is 47.6 Å². The number of hydrogen-bond acceptors (Lipinski definition) is 3. The molecular weight excluding hydrogens is 140 g/mol. The van der Waals surface area contributed by atoms with Crippen molar-refractivity contribution in [1.82, 2.24) is 0 Å². The van der Waals surface area contributed by atoms with E-state index in [2.05, 4.69) is 19.0 Å². The first-order valence-corrected chi connectivity index (χ1v) is 4.20. The molecule has 0 aromatic rings. The Balaban J connectivity index is 2.45. The smallest absolute Gasteiger partial charge is 0.122 e. The summed E-state index contributed by atoms with van der Waals surface area (Å²) in [5, 5.41) is 3.90. The van der Waals surface area contributed by atoms with Crippen LogP contribution in [0.5, 0.6) is 0 Å². The van der Waals surface area contributed by atoms with Crippen molar-refractivity contribution in [2.24, 2.45) is 16.8 Å². The van der Waals surface area contributed by atoms with E-state index in [4.69, 9.17) is 10.6 Å². The molecule has 0 amide bonds. The Morgan fingerprint density at radius 2 is 2.45 bits per heavy atom. The van der Waals surface area contributed by atoms with Gasteiger partial charge in [-0.1, -0.05) is 25.4 Å². The van der Waals surface area contributed by atoms with Gasteiger partial charge in [-0.05, 0) is 5.92 Å². The molecule has 3 nitrogen and oxygen atoms in total. The minimum atomic E-state index is 0.0995. The van der Waals surface area contributed by atoms with Gasteiger partial charge in [-0.3, -0.25) is 0 Å². The molecule has 0 fully saturated rings. The van der Waals surface area contributed by atoms with Gasteiger partial charge in [-0.25, -0.2) is 0 Å². The second-order valence-corrected chi connectivity index (χ2v) is 3.08. The summed E-state index contributed by atoms with van der Waals surface area (Å²) in [4.78, 5) is 4.88. The van der Waals surface area contributed by atoms with Crippen LogP contribution in [0.15, 0.2) is 5.16 Å². The van der Waals surface area contributed by atoms with E-state index in [1.165, 1.54) is 0 Å². The SMILES string of the molecule is CC[C@@H](C)[C@@H](N)C1=NOCC1. The zero-order valence-electron chi connectivity index (χ0n) is 7.21. The summed E-state index contributed by atoms with van der Waals surface area (Å²) >= 11 is 0. The van der Waals surface area contributed by atoms with Crippen LogP contribution < -0.4 is 5.73 Å². The number of oxime groups is 1. The Kier molecular flexibility index (Phi) is 2.88.